The van der Waals surface area contributed by atoms with Gasteiger partial charge in [-0.2, -0.15) is 4.57 Å². The molecule has 0 saturated carbocycles. The first-order valence-corrected chi connectivity index (χ1v) is 7.54. The van der Waals surface area contributed by atoms with Crippen molar-refractivity contribution in [2.75, 3.05) is 13.2 Å². The summed E-state index contributed by atoms with van der Waals surface area (Å²) in [5, 5.41) is 0.546. The molecule has 0 saturated heterocycles. The molecule has 0 amide bonds. The van der Waals surface area contributed by atoms with E-state index < -0.39 is 5.97 Å². The molecule has 1 heterocycles. The number of esters is 1. The molecule has 0 fully saturated rings. The molecule has 0 aliphatic rings. The second kappa shape index (κ2) is 9.44. The molecular weight excluding hydrogens is 400 g/mol. The van der Waals surface area contributed by atoms with Gasteiger partial charge in [0.05, 0.1) is 13.0 Å². The van der Waals surface area contributed by atoms with Crippen LogP contribution in [0.3, 0.4) is 0 Å². The van der Waals surface area contributed by atoms with Crippen LogP contribution in [0.15, 0.2) is 30.6 Å². The van der Waals surface area contributed by atoms with Crippen LogP contribution < -0.4 is 26.7 Å². The smallest absolute Gasteiger partial charge is 0.344 e. The van der Waals surface area contributed by atoms with Crippen molar-refractivity contribution >= 4 is 23.5 Å². The largest absolute Gasteiger partial charge is 1.00 e. The Kier molecular flexibility index (Phi) is 7.94. The molecule has 1 aromatic heterocycles. The summed E-state index contributed by atoms with van der Waals surface area (Å²) in [5.41, 5.74) is 0.763. The highest BCUT2D eigenvalue weighted by Crippen LogP contribution is 2.25. The maximum Gasteiger partial charge on any atom is 0.344 e. The van der Waals surface area contributed by atoms with Gasteiger partial charge in [-0.15, -0.1) is 0 Å². The third-order valence-corrected chi connectivity index (χ3v) is 3.37. The maximum atomic E-state index is 11.6. The molecule has 0 aliphatic carbocycles. The third kappa shape index (κ3) is 5.35. The average molecular weight is 418 g/mol. The maximum absolute atomic E-state index is 11.6. The number of carbonyl (C=O) groups excluding carboxylic acids is 2. The molecule has 0 atom stereocenters. The molecule has 6 nitrogen and oxygen atoms in total. The van der Waals surface area contributed by atoms with Crippen molar-refractivity contribution in [3.05, 3.63) is 47.0 Å². The number of hydrogen-bond donors (Lipinski definition) is 0. The van der Waals surface area contributed by atoms with E-state index in [1.807, 2.05) is 0 Å². The fraction of sp³-hybridized carbons (Fsp3) is 0.312. The second-order valence-corrected chi connectivity index (χ2v) is 5.25. The zero-order chi connectivity index (χ0) is 16.8. The lowest BCUT2D eigenvalue weighted by Gasteiger charge is -2.10. The van der Waals surface area contributed by atoms with Crippen molar-refractivity contribution < 1.29 is 41.0 Å². The van der Waals surface area contributed by atoms with Crippen LogP contribution in [0.4, 0.5) is 0 Å². The van der Waals surface area contributed by atoms with Gasteiger partial charge in [0.15, 0.2) is 6.61 Å². The van der Waals surface area contributed by atoms with Crippen molar-refractivity contribution in [3.8, 4) is 5.75 Å². The standard InChI is InChI=1S/C16H17ClN2O4.BrH/c1-3-22-16(21)10-23-14-5-4-13(17)8-12(14)9-15-18-6-7-19(15)11(2)20;/h4-8H,3,9-10H2,1-2H3;1H. The van der Waals surface area contributed by atoms with Crippen molar-refractivity contribution in [3.63, 3.8) is 0 Å². The van der Waals surface area contributed by atoms with Crippen LogP contribution in [-0.4, -0.2) is 29.7 Å². The van der Waals surface area contributed by atoms with Crippen molar-refractivity contribution in [2.45, 2.75) is 20.3 Å². The first-order chi connectivity index (χ1) is 11.0. The number of benzene rings is 1. The van der Waals surface area contributed by atoms with Crippen molar-refractivity contribution in [1.82, 2.24) is 4.57 Å². The molecule has 0 unspecified atom stereocenters. The Morgan fingerprint density at radius 1 is 1.33 bits per heavy atom. The average Bonchev–Trinajstić information content (AvgIpc) is 2.95. The van der Waals surface area contributed by atoms with Gasteiger partial charge in [-0.1, -0.05) is 11.6 Å². The van der Waals surface area contributed by atoms with E-state index in [2.05, 4.69) is 4.98 Å². The number of ether oxygens (including phenoxy) is 2. The normalized spacial score (nSPS) is 9.96. The number of nitrogens with one attached hydrogen (secondary N) is 1. The van der Waals surface area contributed by atoms with Crippen LogP contribution in [0.2, 0.25) is 5.02 Å². The van der Waals surface area contributed by atoms with Crippen molar-refractivity contribution in [2.24, 2.45) is 0 Å². The van der Waals surface area contributed by atoms with Gasteiger partial charge in [-0.05, 0) is 25.1 Å². The Balaban J connectivity index is 0.00000288. The van der Waals surface area contributed by atoms with Crippen LogP contribution in [0.25, 0.3) is 0 Å². The van der Waals surface area contributed by atoms with Gasteiger partial charge in [0, 0.05) is 17.5 Å². The minimum absolute atomic E-state index is 0. The number of rotatable bonds is 6. The van der Waals surface area contributed by atoms with Gasteiger partial charge >= 0.3 is 11.9 Å². The molecule has 0 aliphatic heterocycles. The zero-order valence-electron chi connectivity index (χ0n) is 13.3. The summed E-state index contributed by atoms with van der Waals surface area (Å²) in [6, 6.07) is 5.12. The number of imidazole rings is 1. The summed E-state index contributed by atoms with van der Waals surface area (Å²) >= 11 is 6.04. The summed E-state index contributed by atoms with van der Waals surface area (Å²) in [6.07, 6.45) is 3.74. The Labute approximate surface area is 155 Å². The first-order valence-electron chi connectivity index (χ1n) is 7.17. The summed E-state index contributed by atoms with van der Waals surface area (Å²) in [5.74, 6) is 0.678. The topological polar surface area (TPSA) is 71.7 Å². The predicted octanol–water partition coefficient (Wildman–Crippen LogP) is -0.848. The number of hydrogen-bond acceptors (Lipinski definition) is 4. The molecule has 0 spiro atoms. The van der Waals surface area contributed by atoms with Gasteiger partial charge in [0.25, 0.3) is 5.82 Å². The van der Waals surface area contributed by atoms with E-state index >= 15 is 0 Å². The first kappa shape index (κ1) is 20.2. The molecular formula is C16H18BrClN2O4. The molecule has 1 N–H and O–H groups in total. The quantitative estimate of drug-likeness (QED) is 0.574. The summed E-state index contributed by atoms with van der Waals surface area (Å²) in [7, 11) is 0. The Bertz CT molecular complexity index is 718. The molecule has 24 heavy (non-hydrogen) atoms. The third-order valence-electron chi connectivity index (χ3n) is 3.13. The highest BCUT2D eigenvalue weighted by Gasteiger charge is 2.18. The van der Waals surface area contributed by atoms with Gasteiger partial charge in [0.1, 0.15) is 18.1 Å². The fourth-order valence-electron chi connectivity index (χ4n) is 2.15. The number of carbonyl (C=O) groups is 2. The van der Waals surface area contributed by atoms with Crippen LogP contribution in [-0.2, 0) is 16.0 Å². The molecule has 130 valence electrons. The summed E-state index contributed by atoms with van der Waals surface area (Å²) in [4.78, 5) is 26.0. The number of halogens is 2. The summed E-state index contributed by atoms with van der Waals surface area (Å²) < 4.78 is 11.9. The van der Waals surface area contributed by atoms with Gasteiger partial charge in [0.2, 0.25) is 0 Å². The fourth-order valence-corrected chi connectivity index (χ4v) is 2.34. The molecule has 0 radical (unpaired) electrons. The van der Waals surface area contributed by atoms with E-state index in [4.69, 9.17) is 21.1 Å². The van der Waals surface area contributed by atoms with Gasteiger partial charge in [-0.25, -0.2) is 14.6 Å². The second-order valence-electron chi connectivity index (χ2n) is 4.82. The minimum atomic E-state index is -0.438. The highest BCUT2D eigenvalue weighted by atomic mass is 79.9. The Morgan fingerprint density at radius 3 is 2.75 bits per heavy atom. The van der Waals surface area contributed by atoms with E-state index in [1.165, 1.54) is 11.5 Å². The van der Waals surface area contributed by atoms with Gasteiger partial charge < -0.3 is 26.5 Å². The Hall–Kier alpha value is -1.86. The van der Waals surface area contributed by atoms with E-state index in [0.717, 1.165) is 5.56 Å². The number of H-pyrrole nitrogens is 1. The Morgan fingerprint density at radius 2 is 2.08 bits per heavy atom. The molecule has 2 rings (SSSR count). The number of aromatic amines is 1. The minimum Gasteiger partial charge on any atom is -1.00 e. The van der Waals surface area contributed by atoms with E-state index in [1.54, 1.807) is 37.5 Å². The molecule has 0 bridgehead atoms. The lowest BCUT2D eigenvalue weighted by atomic mass is 10.1. The van der Waals surface area contributed by atoms with E-state index in [0.29, 0.717) is 29.6 Å². The van der Waals surface area contributed by atoms with Crippen LogP contribution in [0.5, 0.6) is 5.75 Å². The SMILES string of the molecule is CCOC(=O)COc1ccc(Cl)cc1Cc1[nH+]ccn1C(C)=O.[Br-]. The number of aromatic nitrogens is 2. The predicted molar refractivity (Wildman–Crippen MR) is 83.7 cm³/mol. The molecule has 8 heteroatoms. The molecule has 2 aromatic rings. The lowest BCUT2D eigenvalue weighted by Crippen LogP contribution is -3.00. The van der Waals surface area contributed by atoms with Gasteiger partial charge in [-0.3, -0.25) is 0 Å². The van der Waals surface area contributed by atoms with Crippen LogP contribution >= 0.6 is 11.6 Å². The monoisotopic (exact) mass is 416 g/mol. The highest BCUT2D eigenvalue weighted by molar-refractivity contribution is 6.30. The lowest BCUT2D eigenvalue weighted by molar-refractivity contribution is -0.388. The summed E-state index contributed by atoms with van der Waals surface area (Å²) in [6.45, 7) is 3.33. The van der Waals surface area contributed by atoms with Crippen molar-refractivity contribution in [1.29, 1.82) is 0 Å². The van der Waals surface area contributed by atoms with E-state index in [9.17, 15) is 9.59 Å². The van der Waals surface area contributed by atoms with Crippen LogP contribution in [0, 0.1) is 0 Å². The number of nitrogens with zero attached hydrogens (tertiary/aromatic N) is 1. The zero-order valence-corrected chi connectivity index (χ0v) is 15.7. The van der Waals surface area contributed by atoms with E-state index in [-0.39, 0.29) is 29.5 Å². The molecule has 1 aromatic carbocycles. The van der Waals surface area contributed by atoms with Crippen LogP contribution in [0.1, 0.15) is 30.0 Å².